The lowest BCUT2D eigenvalue weighted by Crippen LogP contribution is -2.41. The number of benzene rings is 1. The van der Waals surface area contributed by atoms with Crippen molar-refractivity contribution in [2.45, 2.75) is 37.5 Å². The quantitative estimate of drug-likeness (QED) is 0.721. The Kier molecular flexibility index (Phi) is 5.90. The normalized spacial score (nSPS) is 21.0. The Morgan fingerprint density at radius 2 is 1.93 bits per heavy atom. The van der Waals surface area contributed by atoms with E-state index in [0.717, 1.165) is 18.4 Å². The number of piperidine rings is 1. The first-order valence-electron chi connectivity index (χ1n) is 10.1. The van der Waals surface area contributed by atoms with Crippen molar-refractivity contribution in [3.05, 3.63) is 41.0 Å². The van der Waals surface area contributed by atoms with E-state index in [1.54, 1.807) is 24.0 Å². The summed E-state index contributed by atoms with van der Waals surface area (Å²) in [5, 5.41) is 3.85. The third kappa shape index (κ3) is 4.12. The van der Waals surface area contributed by atoms with Crippen LogP contribution in [0.2, 0.25) is 0 Å². The van der Waals surface area contributed by atoms with Gasteiger partial charge in [0.15, 0.2) is 5.82 Å². The molecular weight excluding hydrogens is 408 g/mol. The van der Waals surface area contributed by atoms with Gasteiger partial charge in [-0.25, -0.2) is 8.42 Å². The van der Waals surface area contributed by atoms with Crippen LogP contribution in [0.15, 0.2) is 27.6 Å². The standard InChI is InChI=1S/C20H26N4O5S/c1-14-5-6-17(30(26,27)24-8-10-28-11-9-24)12-18(14)20(25)23-7-3-4-16(13-23)19-21-15(2)22-29-19/h5-6,12,16H,3-4,7-11,13H2,1-2H3. The number of morpholine rings is 1. The summed E-state index contributed by atoms with van der Waals surface area (Å²) in [5.41, 5.74) is 1.16. The number of aryl methyl sites for hydroxylation is 2. The lowest BCUT2D eigenvalue weighted by atomic mass is 9.96. The van der Waals surface area contributed by atoms with E-state index in [0.29, 0.717) is 56.7 Å². The Bertz CT molecular complexity index is 1030. The molecule has 2 saturated heterocycles. The second-order valence-corrected chi connectivity index (χ2v) is 9.70. The molecule has 0 spiro atoms. The maximum Gasteiger partial charge on any atom is 0.254 e. The maximum absolute atomic E-state index is 13.3. The Morgan fingerprint density at radius 3 is 2.63 bits per heavy atom. The Balaban J connectivity index is 1.57. The minimum absolute atomic E-state index is 0.00975. The summed E-state index contributed by atoms with van der Waals surface area (Å²) in [6.45, 7) is 6.06. The van der Waals surface area contributed by atoms with Gasteiger partial charge in [0.25, 0.3) is 5.91 Å². The highest BCUT2D eigenvalue weighted by Gasteiger charge is 2.31. The summed E-state index contributed by atoms with van der Waals surface area (Å²) in [4.78, 5) is 19.5. The third-order valence-corrected chi connectivity index (χ3v) is 7.54. The van der Waals surface area contributed by atoms with Crippen molar-refractivity contribution < 1.29 is 22.5 Å². The van der Waals surface area contributed by atoms with E-state index in [9.17, 15) is 13.2 Å². The van der Waals surface area contributed by atoms with Crippen molar-refractivity contribution in [3.8, 4) is 0 Å². The van der Waals surface area contributed by atoms with Crippen LogP contribution in [-0.2, 0) is 14.8 Å². The van der Waals surface area contributed by atoms with Gasteiger partial charge in [-0.2, -0.15) is 9.29 Å². The summed E-state index contributed by atoms with van der Waals surface area (Å²) >= 11 is 0. The zero-order valence-electron chi connectivity index (χ0n) is 17.2. The number of hydrogen-bond acceptors (Lipinski definition) is 7. The number of carbonyl (C=O) groups excluding carboxylic acids is 1. The number of sulfonamides is 1. The van der Waals surface area contributed by atoms with E-state index < -0.39 is 10.0 Å². The molecule has 1 atom stereocenters. The lowest BCUT2D eigenvalue weighted by Gasteiger charge is -2.31. The van der Waals surface area contributed by atoms with Gasteiger partial charge in [0.05, 0.1) is 24.0 Å². The molecular formula is C20H26N4O5S. The van der Waals surface area contributed by atoms with E-state index >= 15 is 0 Å². The van der Waals surface area contributed by atoms with Gasteiger partial charge < -0.3 is 14.2 Å². The molecule has 2 aliphatic heterocycles. The second kappa shape index (κ2) is 8.44. The van der Waals surface area contributed by atoms with Crippen LogP contribution in [-0.4, -0.2) is 73.1 Å². The fourth-order valence-corrected chi connectivity index (χ4v) is 5.38. The summed E-state index contributed by atoms with van der Waals surface area (Å²) in [7, 11) is -3.67. The molecule has 0 N–H and O–H groups in total. The molecule has 10 heteroatoms. The highest BCUT2D eigenvalue weighted by atomic mass is 32.2. The van der Waals surface area contributed by atoms with E-state index in [1.807, 2.05) is 6.92 Å². The van der Waals surface area contributed by atoms with Gasteiger partial charge in [0.1, 0.15) is 0 Å². The monoisotopic (exact) mass is 434 g/mol. The molecule has 1 unspecified atom stereocenters. The van der Waals surface area contributed by atoms with Gasteiger partial charge in [-0.1, -0.05) is 11.2 Å². The zero-order chi connectivity index (χ0) is 21.3. The number of likely N-dealkylation sites (tertiary alicyclic amines) is 1. The number of aromatic nitrogens is 2. The molecule has 0 radical (unpaired) electrons. The SMILES string of the molecule is Cc1noc(C2CCCN(C(=O)c3cc(S(=O)(=O)N4CCOCC4)ccc3C)C2)n1. The number of nitrogens with zero attached hydrogens (tertiary/aromatic N) is 4. The summed E-state index contributed by atoms with van der Waals surface area (Å²) in [5.74, 6) is 0.938. The van der Waals surface area contributed by atoms with Crippen LogP contribution in [0.5, 0.6) is 0 Å². The van der Waals surface area contributed by atoms with Crippen LogP contribution < -0.4 is 0 Å². The first kappa shape index (κ1) is 21.0. The number of ether oxygens (including phenoxy) is 1. The fraction of sp³-hybridized carbons (Fsp3) is 0.550. The van der Waals surface area contributed by atoms with Gasteiger partial charge in [-0.15, -0.1) is 0 Å². The Morgan fingerprint density at radius 1 is 1.17 bits per heavy atom. The molecule has 2 fully saturated rings. The van der Waals surface area contributed by atoms with E-state index in [2.05, 4.69) is 10.1 Å². The Hall–Kier alpha value is -2.30. The smallest absolute Gasteiger partial charge is 0.254 e. The molecule has 30 heavy (non-hydrogen) atoms. The van der Waals surface area contributed by atoms with E-state index in [4.69, 9.17) is 9.26 Å². The molecule has 1 amide bonds. The van der Waals surface area contributed by atoms with Crippen LogP contribution in [0.1, 0.15) is 46.4 Å². The van der Waals surface area contributed by atoms with Gasteiger partial charge in [-0.3, -0.25) is 4.79 Å². The van der Waals surface area contributed by atoms with Crippen LogP contribution in [0.25, 0.3) is 0 Å². The molecule has 2 aliphatic rings. The van der Waals surface area contributed by atoms with Crippen molar-refractivity contribution in [1.29, 1.82) is 0 Å². The molecule has 9 nitrogen and oxygen atoms in total. The van der Waals surface area contributed by atoms with Crippen molar-refractivity contribution in [3.63, 3.8) is 0 Å². The van der Waals surface area contributed by atoms with Crippen LogP contribution in [0, 0.1) is 13.8 Å². The third-order valence-electron chi connectivity index (χ3n) is 5.65. The molecule has 2 aromatic rings. The maximum atomic E-state index is 13.3. The largest absolute Gasteiger partial charge is 0.379 e. The average Bonchev–Trinajstić information content (AvgIpc) is 3.20. The first-order chi connectivity index (χ1) is 14.4. The second-order valence-electron chi connectivity index (χ2n) is 7.76. The molecule has 3 heterocycles. The molecule has 0 aliphatic carbocycles. The fourth-order valence-electron chi connectivity index (χ4n) is 3.94. The highest BCUT2D eigenvalue weighted by Crippen LogP contribution is 2.28. The zero-order valence-corrected chi connectivity index (χ0v) is 18.0. The lowest BCUT2D eigenvalue weighted by molar-refractivity contribution is 0.0694. The molecule has 0 bridgehead atoms. The topological polar surface area (TPSA) is 106 Å². The predicted octanol–water partition coefficient (Wildman–Crippen LogP) is 1.73. The highest BCUT2D eigenvalue weighted by molar-refractivity contribution is 7.89. The first-order valence-corrected chi connectivity index (χ1v) is 11.6. The number of amides is 1. The number of hydrogen-bond donors (Lipinski definition) is 0. The van der Waals surface area contributed by atoms with Crippen LogP contribution in [0.3, 0.4) is 0 Å². The molecule has 1 aromatic carbocycles. The van der Waals surface area contributed by atoms with Crippen molar-refractivity contribution >= 4 is 15.9 Å². The summed E-state index contributed by atoms with van der Waals surface area (Å²) in [6, 6.07) is 4.77. The van der Waals surface area contributed by atoms with Gasteiger partial charge in [-0.05, 0) is 44.4 Å². The van der Waals surface area contributed by atoms with Gasteiger partial charge in [0.2, 0.25) is 15.9 Å². The van der Waals surface area contributed by atoms with Gasteiger partial charge in [0, 0.05) is 31.7 Å². The van der Waals surface area contributed by atoms with E-state index in [1.165, 1.54) is 10.4 Å². The molecule has 0 saturated carbocycles. The van der Waals surface area contributed by atoms with E-state index in [-0.39, 0.29) is 16.7 Å². The van der Waals surface area contributed by atoms with Crippen molar-refractivity contribution in [2.75, 3.05) is 39.4 Å². The molecule has 162 valence electrons. The predicted molar refractivity (Wildman–Crippen MR) is 108 cm³/mol. The van der Waals surface area contributed by atoms with Gasteiger partial charge >= 0.3 is 0 Å². The average molecular weight is 435 g/mol. The summed E-state index contributed by atoms with van der Waals surface area (Å²) in [6.07, 6.45) is 1.69. The molecule has 1 aromatic heterocycles. The molecule has 4 rings (SSSR count). The minimum atomic E-state index is -3.67. The Labute approximate surface area is 176 Å². The number of rotatable bonds is 4. The number of carbonyl (C=O) groups is 1. The minimum Gasteiger partial charge on any atom is -0.379 e. The van der Waals surface area contributed by atoms with Crippen LogP contribution in [0.4, 0.5) is 0 Å². The van der Waals surface area contributed by atoms with Crippen LogP contribution >= 0.6 is 0 Å². The van der Waals surface area contributed by atoms with Crippen molar-refractivity contribution in [2.24, 2.45) is 0 Å². The van der Waals surface area contributed by atoms with Crippen molar-refractivity contribution in [1.82, 2.24) is 19.3 Å². The summed E-state index contributed by atoms with van der Waals surface area (Å²) < 4.78 is 38.0.